The average Bonchev–Trinajstić information content (AvgIpc) is 3.81. The number of fused-ring (bicyclic) bond motifs is 6. The van der Waals surface area contributed by atoms with E-state index >= 15 is 0 Å². The summed E-state index contributed by atoms with van der Waals surface area (Å²) in [6, 6.07) is 42.2. The number of rotatable bonds is 5. The van der Waals surface area contributed by atoms with Crippen molar-refractivity contribution in [2.45, 2.75) is 0 Å². The van der Waals surface area contributed by atoms with Crippen molar-refractivity contribution in [3.05, 3.63) is 164 Å². The Morgan fingerprint density at radius 3 is 2.06 bits per heavy atom. The molecule has 0 amide bonds. The fourth-order valence-corrected chi connectivity index (χ4v) is 7.94. The van der Waals surface area contributed by atoms with E-state index in [9.17, 15) is 0 Å². The summed E-state index contributed by atoms with van der Waals surface area (Å²) in [5, 5.41) is 4.31. The first-order valence-corrected chi connectivity index (χ1v) is 17.0. The molecule has 0 aliphatic heterocycles. The van der Waals surface area contributed by atoms with Gasteiger partial charge in [0.25, 0.3) is 0 Å². The highest BCUT2D eigenvalue weighted by molar-refractivity contribution is 7.26. The fourth-order valence-electron chi connectivity index (χ4n) is 6.70. The minimum Gasteiger partial charge on any atom is -0.456 e. The van der Waals surface area contributed by atoms with Gasteiger partial charge in [0, 0.05) is 47.6 Å². The highest BCUT2D eigenvalue weighted by Gasteiger charge is 2.19. The van der Waals surface area contributed by atoms with E-state index in [1.54, 1.807) is 29.5 Å². The second-order valence-electron chi connectivity index (χ2n) is 12.0. The van der Waals surface area contributed by atoms with Crippen molar-refractivity contribution in [2.24, 2.45) is 0 Å². The molecule has 3 heterocycles. The molecule has 7 aromatic carbocycles. The Morgan fingerprint density at radius 1 is 0.460 bits per heavy atom. The maximum Gasteiger partial charge on any atom is 0.164 e. The molecular formula is C45H27N3OS. The van der Waals surface area contributed by atoms with Crippen molar-refractivity contribution >= 4 is 53.4 Å². The lowest BCUT2D eigenvalue weighted by Gasteiger charge is -2.10. The Bertz CT molecular complexity index is 3150. The number of hydrogen-bond donors (Lipinski definition) is 0. The molecule has 0 bridgehead atoms. The Morgan fingerprint density at radius 2 is 1.16 bits per heavy atom. The average molecular weight is 663 g/mol. The molecule has 0 aliphatic carbocycles. The summed E-state index contributed by atoms with van der Waals surface area (Å²) in [6.07, 6.45) is 0. The highest BCUT2D eigenvalue weighted by Crippen LogP contribution is 2.42. The Hall–Kier alpha value is -6.43. The fraction of sp³-hybridized carbons (Fsp3) is 0. The third-order valence-electron chi connectivity index (χ3n) is 9.03. The van der Waals surface area contributed by atoms with Crippen LogP contribution in [0.1, 0.15) is 6.85 Å². The molecule has 0 saturated carbocycles. The predicted octanol–water partition coefficient (Wildman–Crippen LogP) is 12.5. The summed E-state index contributed by atoms with van der Waals surface area (Å²) in [5.74, 6) is 1.29. The molecule has 4 nitrogen and oxygen atoms in total. The number of nitrogens with zero attached hydrogens (tertiary/aromatic N) is 3. The molecule has 10 rings (SSSR count). The zero-order valence-corrected chi connectivity index (χ0v) is 27.2. The van der Waals surface area contributed by atoms with Gasteiger partial charge in [-0.2, -0.15) is 0 Å². The van der Waals surface area contributed by atoms with E-state index in [1.165, 1.54) is 20.2 Å². The van der Waals surface area contributed by atoms with Gasteiger partial charge >= 0.3 is 0 Å². The van der Waals surface area contributed by atoms with Gasteiger partial charge in [-0.25, -0.2) is 15.0 Å². The van der Waals surface area contributed by atoms with E-state index < -0.39 is 6.04 Å². The predicted molar refractivity (Wildman–Crippen MR) is 207 cm³/mol. The lowest BCUT2D eigenvalue weighted by molar-refractivity contribution is 0.669. The summed E-state index contributed by atoms with van der Waals surface area (Å²) in [7, 11) is 0. The zero-order valence-electron chi connectivity index (χ0n) is 31.4. The maximum absolute atomic E-state index is 8.57. The van der Waals surface area contributed by atoms with Crippen LogP contribution in [-0.4, -0.2) is 15.0 Å². The normalized spacial score (nSPS) is 13.0. The number of thiophene rings is 1. The van der Waals surface area contributed by atoms with Crippen molar-refractivity contribution in [2.75, 3.05) is 0 Å². The molecule has 0 spiro atoms. The quantitative estimate of drug-likeness (QED) is 0.184. The molecule has 0 aliphatic rings. The molecule has 0 saturated heterocycles. The second-order valence-corrected chi connectivity index (χ2v) is 13.1. The van der Waals surface area contributed by atoms with Gasteiger partial charge in [-0.15, -0.1) is 11.3 Å². The number of aromatic nitrogens is 3. The van der Waals surface area contributed by atoms with Crippen molar-refractivity contribution in [1.29, 1.82) is 0 Å². The van der Waals surface area contributed by atoms with Gasteiger partial charge in [0.15, 0.2) is 17.5 Å². The van der Waals surface area contributed by atoms with Crippen molar-refractivity contribution < 1.29 is 11.3 Å². The summed E-state index contributed by atoms with van der Waals surface area (Å²) in [5.41, 5.74) is 6.44. The van der Waals surface area contributed by atoms with Crippen LogP contribution >= 0.6 is 11.3 Å². The molecule has 0 fully saturated rings. The molecular weight excluding hydrogens is 631 g/mol. The van der Waals surface area contributed by atoms with Gasteiger partial charge in [0.2, 0.25) is 0 Å². The van der Waals surface area contributed by atoms with Crippen LogP contribution in [0.5, 0.6) is 0 Å². The monoisotopic (exact) mass is 662 g/mol. The van der Waals surface area contributed by atoms with Gasteiger partial charge in [0.1, 0.15) is 11.2 Å². The molecule has 10 aromatic rings. The SMILES string of the molecule is [2H]c1c([2H])c([2H])c(-c2cccc(-c3nc(-c4ccccc4)nc(-c4cccc5oc6cc(-c7cccc8c7sc7ccccc78)ccc6c45)n3)c2)c([2H])c1[2H]. The number of furan rings is 1. The lowest BCUT2D eigenvalue weighted by Crippen LogP contribution is -2.00. The minimum atomic E-state index is -0.435. The molecule has 0 atom stereocenters. The minimum absolute atomic E-state index is 0.114. The van der Waals surface area contributed by atoms with Gasteiger partial charge in [-0.05, 0) is 52.6 Å². The Balaban J connectivity index is 1.14. The second kappa shape index (κ2) is 11.6. The standard InChI is InChI=1S/C45H27N3OS/c1-3-12-28(13-4-1)30-16-9-17-32(26-30)44-46-43(29-14-5-2-6-15-29)47-45(48-44)37-21-11-22-38-41(37)36-25-24-31(27-39(36)49-38)33-19-10-20-35-34-18-7-8-23-40(34)50-42(33)35/h1-27H/i1D,3D,4D,12D,13D. The highest BCUT2D eigenvalue weighted by atomic mass is 32.1. The Kier molecular flexibility index (Phi) is 5.54. The number of hydrogen-bond acceptors (Lipinski definition) is 5. The summed E-state index contributed by atoms with van der Waals surface area (Å²) in [6.45, 7) is 0. The van der Waals surface area contributed by atoms with E-state index in [4.69, 9.17) is 26.2 Å². The van der Waals surface area contributed by atoms with Gasteiger partial charge in [0.05, 0.1) is 6.85 Å². The van der Waals surface area contributed by atoms with E-state index in [2.05, 4.69) is 60.7 Å². The smallest absolute Gasteiger partial charge is 0.164 e. The van der Waals surface area contributed by atoms with Crippen LogP contribution in [0.15, 0.2) is 168 Å². The topological polar surface area (TPSA) is 51.8 Å². The summed E-state index contributed by atoms with van der Waals surface area (Å²) in [4.78, 5) is 14.9. The molecule has 3 aromatic heterocycles. The number of benzene rings is 7. The molecule has 0 radical (unpaired) electrons. The van der Waals surface area contributed by atoms with E-state index in [0.29, 0.717) is 34.2 Å². The van der Waals surface area contributed by atoms with Crippen LogP contribution in [0.25, 0.3) is 98.5 Å². The molecule has 50 heavy (non-hydrogen) atoms. The first-order valence-electron chi connectivity index (χ1n) is 18.7. The first-order chi connectivity index (χ1) is 26.8. The first kappa shape index (κ1) is 23.8. The third-order valence-corrected chi connectivity index (χ3v) is 10.2. The van der Waals surface area contributed by atoms with Crippen LogP contribution in [-0.2, 0) is 0 Å². The van der Waals surface area contributed by atoms with Crippen molar-refractivity contribution in [3.8, 4) is 56.4 Å². The third kappa shape index (κ3) is 4.79. The molecule has 0 N–H and O–H groups in total. The van der Waals surface area contributed by atoms with Crippen LogP contribution in [0.4, 0.5) is 0 Å². The molecule has 5 heteroatoms. The van der Waals surface area contributed by atoms with E-state index in [-0.39, 0.29) is 29.7 Å². The molecule has 234 valence electrons. The van der Waals surface area contributed by atoms with E-state index in [0.717, 1.165) is 38.6 Å². The molecule has 0 unspecified atom stereocenters. The van der Waals surface area contributed by atoms with Crippen molar-refractivity contribution in [3.63, 3.8) is 0 Å². The van der Waals surface area contributed by atoms with Crippen LogP contribution < -0.4 is 0 Å². The lowest BCUT2D eigenvalue weighted by atomic mass is 10.00. The summed E-state index contributed by atoms with van der Waals surface area (Å²) < 4.78 is 50.7. The zero-order chi connectivity index (χ0) is 37.4. The van der Waals surface area contributed by atoms with Gasteiger partial charge in [-0.3, -0.25) is 0 Å². The van der Waals surface area contributed by atoms with Crippen molar-refractivity contribution in [1.82, 2.24) is 15.0 Å². The summed E-state index contributed by atoms with van der Waals surface area (Å²) >= 11 is 1.80. The van der Waals surface area contributed by atoms with Gasteiger partial charge < -0.3 is 4.42 Å². The Labute approximate surface area is 299 Å². The van der Waals surface area contributed by atoms with Crippen LogP contribution in [0.3, 0.4) is 0 Å². The maximum atomic E-state index is 8.57. The largest absolute Gasteiger partial charge is 0.456 e. The van der Waals surface area contributed by atoms with Crippen LogP contribution in [0, 0.1) is 0 Å². The van der Waals surface area contributed by atoms with Gasteiger partial charge in [-0.1, -0.05) is 133 Å². The van der Waals surface area contributed by atoms with Crippen LogP contribution in [0.2, 0.25) is 0 Å². The van der Waals surface area contributed by atoms with E-state index in [1.807, 2.05) is 54.6 Å².